The van der Waals surface area contributed by atoms with Gasteiger partial charge in [-0.15, -0.1) is 0 Å². The Morgan fingerprint density at radius 1 is 0.676 bits per heavy atom. The standard InChI is InChI=1S/C15H12O2.C15H10O2/c2*16-13-10-15(11-6-2-1-3-7-11)17-14-9-5-4-8-12(13)14/h1-9,15H,10H2;1-10H. The van der Waals surface area contributed by atoms with Gasteiger partial charge in [0.1, 0.15) is 23.2 Å². The van der Waals surface area contributed by atoms with Crippen LogP contribution in [-0.2, 0) is 0 Å². The van der Waals surface area contributed by atoms with Gasteiger partial charge in [0.25, 0.3) is 0 Å². The lowest BCUT2D eigenvalue weighted by molar-refractivity contribution is 0.0850. The highest BCUT2D eigenvalue weighted by Gasteiger charge is 2.26. The zero-order valence-corrected chi connectivity index (χ0v) is 18.4. The Balaban J connectivity index is 0.000000142. The van der Waals surface area contributed by atoms with E-state index in [-0.39, 0.29) is 17.3 Å². The van der Waals surface area contributed by atoms with Crippen molar-refractivity contribution in [3.05, 3.63) is 137 Å². The fraction of sp³-hybridized carbons (Fsp3) is 0.0667. The predicted molar refractivity (Wildman–Crippen MR) is 133 cm³/mol. The number of ketones is 1. The number of carbonyl (C=O) groups excluding carboxylic acids is 1. The third-order valence-corrected chi connectivity index (χ3v) is 5.69. The van der Waals surface area contributed by atoms with Crippen molar-refractivity contribution in [2.24, 2.45) is 0 Å². The number of ether oxygens (including phenoxy) is 1. The summed E-state index contributed by atoms with van der Waals surface area (Å²) in [6.45, 7) is 0. The van der Waals surface area contributed by atoms with Crippen LogP contribution >= 0.6 is 0 Å². The molecule has 34 heavy (non-hydrogen) atoms. The topological polar surface area (TPSA) is 56.5 Å². The van der Waals surface area contributed by atoms with Crippen LogP contribution in [0.1, 0.15) is 28.4 Å². The highest BCUT2D eigenvalue weighted by molar-refractivity contribution is 5.99. The number of carbonyl (C=O) groups is 1. The minimum absolute atomic E-state index is 0.00861. The summed E-state index contributed by atoms with van der Waals surface area (Å²) in [7, 11) is 0. The summed E-state index contributed by atoms with van der Waals surface area (Å²) < 4.78 is 11.6. The molecule has 0 radical (unpaired) electrons. The molecule has 1 aromatic heterocycles. The molecule has 6 rings (SSSR count). The van der Waals surface area contributed by atoms with Gasteiger partial charge in [0.05, 0.1) is 17.4 Å². The van der Waals surface area contributed by atoms with Crippen LogP contribution < -0.4 is 10.2 Å². The van der Waals surface area contributed by atoms with Crippen LogP contribution in [-0.4, -0.2) is 5.78 Å². The summed E-state index contributed by atoms with van der Waals surface area (Å²) in [5.74, 6) is 1.45. The van der Waals surface area contributed by atoms with Crippen molar-refractivity contribution in [3.8, 4) is 17.1 Å². The molecule has 0 saturated heterocycles. The quantitative estimate of drug-likeness (QED) is 0.297. The molecular weight excluding hydrogens is 424 g/mol. The van der Waals surface area contributed by atoms with E-state index in [0.29, 0.717) is 34.5 Å². The number of hydrogen-bond acceptors (Lipinski definition) is 4. The largest absolute Gasteiger partial charge is 0.484 e. The summed E-state index contributed by atoms with van der Waals surface area (Å²) >= 11 is 0. The van der Waals surface area contributed by atoms with Crippen LogP contribution in [0.5, 0.6) is 5.75 Å². The molecule has 1 aliphatic rings. The lowest BCUT2D eigenvalue weighted by atomic mass is 9.96. The number of benzene rings is 4. The van der Waals surface area contributed by atoms with Crippen LogP contribution in [0.2, 0.25) is 0 Å². The number of rotatable bonds is 2. The minimum atomic E-state index is -0.154. The van der Waals surface area contributed by atoms with Crippen molar-refractivity contribution in [1.29, 1.82) is 0 Å². The van der Waals surface area contributed by atoms with Gasteiger partial charge in [-0.2, -0.15) is 0 Å². The Labute approximate surface area is 197 Å². The second kappa shape index (κ2) is 9.59. The van der Waals surface area contributed by atoms with Gasteiger partial charge < -0.3 is 9.15 Å². The Bertz CT molecular complexity index is 1490. The first-order valence-corrected chi connectivity index (χ1v) is 11.1. The van der Waals surface area contributed by atoms with Gasteiger partial charge in [-0.25, -0.2) is 0 Å². The number of para-hydroxylation sites is 2. The summed E-state index contributed by atoms with van der Waals surface area (Å²) in [4.78, 5) is 23.9. The monoisotopic (exact) mass is 446 g/mol. The van der Waals surface area contributed by atoms with Crippen molar-refractivity contribution in [2.75, 3.05) is 0 Å². The molecule has 0 saturated carbocycles. The molecule has 0 spiro atoms. The average Bonchev–Trinajstić information content (AvgIpc) is 2.90. The molecule has 1 unspecified atom stereocenters. The first-order chi connectivity index (χ1) is 16.7. The molecule has 5 aromatic rings. The first-order valence-electron chi connectivity index (χ1n) is 11.1. The molecule has 0 amide bonds. The Hall–Kier alpha value is -4.44. The lowest BCUT2D eigenvalue weighted by Crippen LogP contribution is -2.20. The Morgan fingerprint density at radius 3 is 2.12 bits per heavy atom. The van der Waals surface area contributed by atoms with Gasteiger partial charge in [-0.3, -0.25) is 9.59 Å². The molecule has 0 aliphatic carbocycles. The summed E-state index contributed by atoms with van der Waals surface area (Å²) in [6.07, 6.45) is 0.264. The zero-order valence-electron chi connectivity index (χ0n) is 18.4. The van der Waals surface area contributed by atoms with E-state index >= 15 is 0 Å². The Morgan fingerprint density at radius 2 is 1.32 bits per heavy atom. The van der Waals surface area contributed by atoms with Gasteiger partial charge >= 0.3 is 0 Å². The zero-order chi connectivity index (χ0) is 23.3. The second-order valence-corrected chi connectivity index (χ2v) is 7.98. The maximum Gasteiger partial charge on any atom is 0.193 e. The first kappa shape index (κ1) is 21.4. The SMILES string of the molecule is O=C1CC(c2ccccc2)Oc2ccccc21.O=c1cc(-c2ccccc2)oc2ccccc12. The highest BCUT2D eigenvalue weighted by Crippen LogP contribution is 2.34. The van der Waals surface area contributed by atoms with E-state index < -0.39 is 0 Å². The van der Waals surface area contributed by atoms with E-state index in [9.17, 15) is 9.59 Å². The molecule has 0 N–H and O–H groups in total. The highest BCUT2D eigenvalue weighted by atomic mass is 16.5. The summed E-state index contributed by atoms with van der Waals surface area (Å²) in [6, 6.07) is 35.7. The van der Waals surface area contributed by atoms with E-state index in [1.165, 1.54) is 6.07 Å². The molecule has 0 bridgehead atoms. The maximum atomic E-state index is 12.0. The van der Waals surface area contributed by atoms with E-state index in [0.717, 1.165) is 11.1 Å². The van der Waals surface area contributed by atoms with E-state index in [4.69, 9.17) is 9.15 Å². The van der Waals surface area contributed by atoms with E-state index in [2.05, 4.69) is 0 Å². The number of Topliss-reactive ketones (excluding diaryl/α,β-unsaturated/α-hetero) is 1. The molecule has 1 atom stereocenters. The molecule has 4 aromatic carbocycles. The molecule has 4 heteroatoms. The molecule has 166 valence electrons. The van der Waals surface area contributed by atoms with Crippen LogP contribution in [0, 0.1) is 0 Å². The average molecular weight is 447 g/mol. The molecular formula is C30H22O4. The number of hydrogen-bond donors (Lipinski definition) is 0. The maximum absolute atomic E-state index is 12.0. The lowest BCUT2D eigenvalue weighted by Gasteiger charge is -2.25. The fourth-order valence-corrected chi connectivity index (χ4v) is 3.98. The molecule has 4 nitrogen and oxygen atoms in total. The van der Waals surface area contributed by atoms with Crippen LogP contribution in [0.4, 0.5) is 0 Å². The van der Waals surface area contributed by atoms with Crippen LogP contribution in [0.25, 0.3) is 22.3 Å². The summed E-state index contributed by atoms with van der Waals surface area (Å²) in [5, 5.41) is 0.618. The van der Waals surface area contributed by atoms with Crippen molar-refractivity contribution < 1.29 is 13.9 Å². The van der Waals surface area contributed by atoms with Crippen molar-refractivity contribution >= 4 is 16.8 Å². The van der Waals surface area contributed by atoms with Gasteiger partial charge in [-0.1, -0.05) is 84.9 Å². The van der Waals surface area contributed by atoms with Crippen molar-refractivity contribution in [3.63, 3.8) is 0 Å². The second-order valence-electron chi connectivity index (χ2n) is 7.98. The van der Waals surface area contributed by atoms with E-state index in [1.54, 1.807) is 6.07 Å². The third-order valence-electron chi connectivity index (χ3n) is 5.69. The van der Waals surface area contributed by atoms with Crippen molar-refractivity contribution in [1.82, 2.24) is 0 Å². The van der Waals surface area contributed by atoms with E-state index in [1.807, 2.05) is 103 Å². The van der Waals surface area contributed by atoms with Crippen LogP contribution in [0.3, 0.4) is 0 Å². The fourth-order valence-electron chi connectivity index (χ4n) is 3.98. The van der Waals surface area contributed by atoms with Gasteiger partial charge in [-0.05, 0) is 29.8 Å². The minimum Gasteiger partial charge on any atom is -0.484 e. The molecule has 2 heterocycles. The Kier molecular flexibility index (Phi) is 6.04. The van der Waals surface area contributed by atoms with Crippen LogP contribution in [0.15, 0.2) is 124 Å². The van der Waals surface area contributed by atoms with Gasteiger partial charge in [0, 0.05) is 11.6 Å². The third kappa shape index (κ3) is 4.52. The normalized spacial score (nSPS) is 14.5. The van der Waals surface area contributed by atoms with Gasteiger partial charge in [0.15, 0.2) is 11.2 Å². The number of fused-ring (bicyclic) bond motifs is 2. The molecule has 0 fully saturated rings. The smallest absolute Gasteiger partial charge is 0.193 e. The predicted octanol–water partition coefficient (Wildman–Crippen LogP) is 6.85. The van der Waals surface area contributed by atoms with Crippen molar-refractivity contribution in [2.45, 2.75) is 12.5 Å². The summed E-state index contributed by atoms with van der Waals surface area (Å²) in [5.41, 5.74) is 3.27. The van der Waals surface area contributed by atoms with Gasteiger partial charge in [0.2, 0.25) is 0 Å². The molecule has 1 aliphatic heterocycles.